The second-order valence-corrected chi connectivity index (χ2v) is 2.50. The molecule has 0 atom stereocenters. The van der Waals surface area contributed by atoms with E-state index in [0.29, 0.717) is 5.05 Å². The van der Waals surface area contributed by atoms with Gasteiger partial charge in [-0.1, -0.05) is 25.5 Å². The van der Waals surface area contributed by atoms with Crippen LogP contribution >= 0.6 is 12.2 Å². The SMILES string of the molecule is CCC/C=C/CC(=S)OC. The minimum absolute atomic E-state index is 0.660. The zero-order valence-corrected chi connectivity index (χ0v) is 7.41. The van der Waals surface area contributed by atoms with E-state index in [2.05, 4.69) is 19.1 Å². The van der Waals surface area contributed by atoms with E-state index in [0.717, 1.165) is 12.8 Å². The minimum Gasteiger partial charge on any atom is -0.490 e. The molecule has 0 aromatic rings. The van der Waals surface area contributed by atoms with Crippen molar-refractivity contribution in [2.45, 2.75) is 26.2 Å². The topological polar surface area (TPSA) is 9.23 Å². The predicted molar refractivity (Wildman–Crippen MR) is 48.3 cm³/mol. The molecule has 0 aliphatic rings. The maximum Gasteiger partial charge on any atom is 0.162 e. The fourth-order valence-corrected chi connectivity index (χ4v) is 0.644. The van der Waals surface area contributed by atoms with Gasteiger partial charge in [0.15, 0.2) is 5.05 Å². The van der Waals surface area contributed by atoms with Crippen LogP contribution in [0.15, 0.2) is 12.2 Å². The molecular formula is C8H14OS. The van der Waals surface area contributed by atoms with Gasteiger partial charge in [0, 0.05) is 6.42 Å². The zero-order chi connectivity index (χ0) is 7.82. The molecule has 1 nitrogen and oxygen atoms in total. The highest BCUT2D eigenvalue weighted by Gasteiger charge is 1.86. The first kappa shape index (κ1) is 9.63. The maximum atomic E-state index is 4.83. The Morgan fingerprint density at radius 3 is 2.70 bits per heavy atom. The van der Waals surface area contributed by atoms with Gasteiger partial charge in [-0.3, -0.25) is 0 Å². The van der Waals surface area contributed by atoms with Crippen molar-refractivity contribution in [3.63, 3.8) is 0 Å². The molecule has 0 saturated carbocycles. The summed E-state index contributed by atoms with van der Waals surface area (Å²) < 4.78 is 4.81. The Bertz CT molecular complexity index is 118. The summed E-state index contributed by atoms with van der Waals surface area (Å²) in [5.74, 6) is 0. The molecule has 0 aliphatic heterocycles. The highest BCUT2D eigenvalue weighted by molar-refractivity contribution is 7.80. The van der Waals surface area contributed by atoms with E-state index in [1.807, 2.05) is 0 Å². The molecule has 2 heteroatoms. The lowest BCUT2D eigenvalue weighted by atomic mass is 10.3. The number of ether oxygens (including phenoxy) is 1. The number of methoxy groups -OCH3 is 1. The summed E-state index contributed by atoms with van der Waals surface area (Å²) in [5, 5.41) is 0.660. The Kier molecular flexibility index (Phi) is 6.50. The van der Waals surface area contributed by atoms with E-state index in [4.69, 9.17) is 17.0 Å². The zero-order valence-electron chi connectivity index (χ0n) is 6.59. The van der Waals surface area contributed by atoms with Gasteiger partial charge in [0.2, 0.25) is 0 Å². The average molecular weight is 158 g/mol. The van der Waals surface area contributed by atoms with Crippen molar-refractivity contribution in [3.05, 3.63) is 12.2 Å². The molecule has 0 bridgehead atoms. The minimum atomic E-state index is 0.660. The molecule has 0 unspecified atom stereocenters. The Morgan fingerprint density at radius 2 is 2.20 bits per heavy atom. The number of allylic oxidation sites excluding steroid dienone is 1. The molecule has 10 heavy (non-hydrogen) atoms. The average Bonchev–Trinajstić information content (AvgIpc) is 1.98. The molecule has 0 heterocycles. The highest BCUT2D eigenvalue weighted by Crippen LogP contribution is 1.93. The first-order valence-corrected chi connectivity index (χ1v) is 3.94. The Morgan fingerprint density at radius 1 is 1.50 bits per heavy atom. The summed E-state index contributed by atoms with van der Waals surface area (Å²) in [5.41, 5.74) is 0. The number of rotatable bonds is 4. The number of hydrogen-bond acceptors (Lipinski definition) is 2. The first-order valence-electron chi connectivity index (χ1n) is 3.53. The van der Waals surface area contributed by atoms with E-state index in [1.165, 1.54) is 6.42 Å². The fraction of sp³-hybridized carbons (Fsp3) is 0.625. The standard InChI is InChI=1S/C8H14OS/c1-3-4-5-6-7-8(10)9-2/h5-6H,3-4,7H2,1-2H3/b6-5+. The van der Waals surface area contributed by atoms with Gasteiger partial charge in [-0.15, -0.1) is 0 Å². The van der Waals surface area contributed by atoms with Crippen LogP contribution in [0.2, 0.25) is 0 Å². The Labute approximate surface area is 68.1 Å². The van der Waals surface area contributed by atoms with Crippen molar-refractivity contribution in [2.24, 2.45) is 0 Å². The number of hydrogen-bond donors (Lipinski definition) is 0. The molecule has 0 spiro atoms. The third-order valence-corrected chi connectivity index (χ3v) is 1.47. The van der Waals surface area contributed by atoms with E-state index in [9.17, 15) is 0 Å². The molecule has 58 valence electrons. The van der Waals surface area contributed by atoms with Crippen LogP contribution in [0.1, 0.15) is 26.2 Å². The van der Waals surface area contributed by atoms with Gasteiger partial charge in [-0.25, -0.2) is 0 Å². The summed E-state index contributed by atoms with van der Waals surface area (Å²) in [6.07, 6.45) is 7.27. The largest absolute Gasteiger partial charge is 0.490 e. The summed E-state index contributed by atoms with van der Waals surface area (Å²) >= 11 is 4.83. The maximum absolute atomic E-state index is 4.83. The first-order chi connectivity index (χ1) is 4.81. The van der Waals surface area contributed by atoms with Crippen LogP contribution in [0.3, 0.4) is 0 Å². The van der Waals surface area contributed by atoms with E-state index < -0.39 is 0 Å². The summed E-state index contributed by atoms with van der Waals surface area (Å²) in [6, 6.07) is 0. The number of thiocarbonyl (C=S) groups is 1. The fourth-order valence-electron chi connectivity index (χ4n) is 0.547. The Balaban J connectivity index is 3.25. The lowest BCUT2D eigenvalue weighted by Crippen LogP contribution is -1.93. The quantitative estimate of drug-likeness (QED) is 0.459. The monoisotopic (exact) mass is 158 g/mol. The molecule has 0 aliphatic carbocycles. The third kappa shape index (κ3) is 5.76. The molecule has 0 aromatic heterocycles. The van der Waals surface area contributed by atoms with Crippen molar-refractivity contribution in [3.8, 4) is 0 Å². The predicted octanol–water partition coefficient (Wildman–Crippen LogP) is 2.71. The highest BCUT2D eigenvalue weighted by atomic mass is 32.1. The van der Waals surface area contributed by atoms with Crippen LogP contribution in [0.25, 0.3) is 0 Å². The second kappa shape index (κ2) is 6.75. The van der Waals surface area contributed by atoms with Crippen LogP contribution < -0.4 is 0 Å². The van der Waals surface area contributed by atoms with E-state index >= 15 is 0 Å². The van der Waals surface area contributed by atoms with Crippen molar-refractivity contribution in [2.75, 3.05) is 7.11 Å². The van der Waals surface area contributed by atoms with Gasteiger partial charge in [0.1, 0.15) is 0 Å². The molecule has 0 radical (unpaired) electrons. The summed E-state index contributed by atoms with van der Waals surface area (Å²) in [6.45, 7) is 2.15. The normalized spacial score (nSPS) is 10.2. The van der Waals surface area contributed by atoms with Crippen LogP contribution in [0.5, 0.6) is 0 Å². The van der Waals surface area contributed by atoms with Gasteiger partial charge in [-0.05, 0) is 18.6 Å². The lowest BCUT2D eigenvalue weighted by molar-refractivity contribution is 0.407. The molecule has 0 aromatic carbocycles. The van der Waals surface area contributed by atoms with Crippen LogP contribution in [0, 0.1) is 0 Å². The van der Waals surface area contributed by atoms with Crippen molar-refractivity contribution in [1.29, 1.82) is 0 Å². The van der Waals surface area contributed by atoms with Crippen molar-refractivity contribution in [1.82, 2.24) is 0 Å². The molecule has 0 saturated heterocycles. The molecular weight excluding hydrogens is 144 g/mol. The van der Waals surface area contributed by atoms with E-state index in [-0.39, 0.29) is 0 Å². The smallest absolute Gasteiger partial charge is 0.162 e. The lowest BCUT2D eigenvalue weighted by Gasteiger charge is -1.94. The van der Waals surface area contributed by atoms with Gasteiger partial charge < -0.3 is 4.74 Å². The van der Waals surface area contributed by atoms with Crippen molar-refractivity contribution >= 4 is 17.3 Å². The van der Waals surface area contributed by atoms with Crippen LogP contribution in [0.4, 0.5) is 0 Å². The van der Waals surface area contributed by atoms with Gasteiger partial charge >= 0.3 is 0 Å². The van der Waals surface area contributed by atoms with Gasteiger partial charge in [-0.2, -0.15) is 0 Å². The molecule has 0 fully saturated rings. The van der Waals surface area contributed by atoms with Crippen molar-refractivity contribution < 1.29 is 4.74 Å². The second-order valence-electron chi connectivity index (χ2n) is 2.04. The van der Waals surface area contributed by atoms with Gasteiger partial charge in [0.05, 0.1) is 7.11 Å². The van der Waals surface area contributed by atoms with E-state index in [1.54, 1.807) is 7.11 Å². The number of unbranched alkanes of at least 4 members (excludes halogenated alkanes) is 1. The third-order valence-electron chi connectivity index (χ3n) is 1.13. The van der Waals surface area contributed by atoms with Crippen LogP contribution in [-0.4, -0.2) is 12.2 Å². The molecule has 0 amide bonds. The molecule has 0 N–H and O–H groups in total. The summed E-state index contributed by atoms with van der Waals surface area (Å²) in [7, 11) is 1.61. The summed E-state index contributed by atoms with van der Waals surface area (Å²) in [4.78, 5) is 0. The van der Waals surface area contributed by atoms with Gasteiger partial charge in [0.25, 0.3) is 0 Å². The Hall–Kier alpha value is -0.370. The molecule has 0 rings (SSSR count). The van der Waals surface area contributed by atoms with Crippen LogP contribution in [-0.2, 0) is 4.74 Å².